The fourth-order valence-corrected chi connectivity index (χ4v) is 8.07. The summed E-state index contributed by atoms with van der Waals surface area (Å²) in [6.07, 6.45) is 6.49. The average molecular weight is 381 g/mol. The Labute approximate surface area is 163 Å². The van der Waals surface area contributed by atoms with Crippen LogP contribution in [0, 0.1) is 0 Å². The Hall–Kier alpha value is -1.48. The van der Waals surface area contributed by atoms with Gasteiger partial charge in [0.05, 0.1) is 6.16 Å². The van der Waals surface area contributed by atoms with Gasteiger partial charge in [0.1, 0.15) is 23.2 Å². The molecule has 3 aromatic rings. The molecule has 0 saturated carbocycles. The van der Waals surface area contributed by atoms with Crippen molar-refractivity contribution in [3.63, 3.8) is 0 Å². The van der Waals surface area contributed by atoms with Crippen LogP contribution in [0.25, 0.3) is 0 Å². The van der Waals surface area contributed by atoms with Crippen molar-refractivity contribution in [1.29, 1.82) is 0 Å². The quantitative estimate of drug-likeness (QED) is 0.351. The average Bonchev–Trinajstić information content (AvgIpc) is 2.70. The van der Waals surface area contributed by atoms with Crippen molar-refractivity contribution in [2.45, 2.75) is 32.6 Å². The van der Waals surface area contributed by atoms with Crippen molar-refractivity contribution >= 4 is 33.1 Å². The van der Waals surface area contributed by atoms with Crippen LogP contribution in [-0.2, 0) is 0 Å². The van der Waals surface area contributed by atoms with E-state index in [1.807, 2.05) is 0 Å². The summed E-state index contributed by atoms with van der Waals surface area (Å²) < 4.78 is 0. The van der Waals surface area contributed by atoms with Crippen LogP contribution in [0.15, 0.2) is 91.0 Å². The van der Waals surface area contributed by atoms with Gasteiger partial charge in [0.2, 0.25) is 0 Å². The largest absolute Gasteiger partial charge is 0.153 e. The molecule has 0 N–H and O–H groups in total. The zero-order valence-corrected chi connectivity index (χ0v) is 18.2. The summed E-state index contributed by atoms with van der Waals surface area (Å²) in [5.74, 6) is 0. The Balaban J connectivity index is 0.00000243. The van der Waals surface area contributed by atoms with E-state index in [-0.39, 0.29) is 9.90 Å². The number of hydrogen-bond donors (Lipinski definition) is 0. The minimum Gasteiger partial charge on any atom is -0.153 e. The number of benzene rings is 3. The van der Waals surface area contributed by atoms with Crippen LogP contribution >= 0.6 is 17.2 Å². The first-order valence-corrected chi connectivity index (χ1v) is 11.4. The number of hydrogen-bond acceptors (Lipinski definition) is 0. The summed E-state index contributed by atoms with van der Waals surface area (Å²) in [7, 11) is -1.59. The van der Waals surface area contributed by atoms with Gasteiger partial charge in [-0.2, -0.15) is 9.90 Å². The first-order chi connectivity index (χ1) is 12.4. The molecule has 136 valence electrons. The van der Waals surface area contributed by atoms with Gasteiger partial charge < -0.3 is 0 Å². The maximum absolute atomic E-state index is 2.34. The molecule has 0 bridgehead atoms. The lowest BCUT2D eigenvalue weighted by Gasteiger charge is -2.27. The minimum absolute atomic E-state index is 0. The molecule has 1 atom stereocenters. The molecule has 0 radical (unpaired) electrons. The van der Waals surface area contributed by atoms with E-state index >= 15 is 0 Å². The van der Waals surface area contributed by atoms with Crippen LogP contribution in [0.5, 0.6) is 0 Å². The fraction of sp³-hybridized carbons (Fsp3) is 0.250. The summed E-state index contributed by atoms with van der Waals surface area (Å²) in [4.78, 5) is 0. The summed E-state index contributed by atoms with van der Waals surface area (Å²) in [6.45, 7) is 2.29. The third kappa shape index (κ3) is 4.62. The van der Waals surface area contributed by atoms with Crippen LogP contribution in [0.3, 0.4) is 0 Å². The Bertz CT molecular complexity index is 642. The van der Waals surface area contributed by atoms with Crippen LogP contribution in [0.4, 0.5) is 0 Å². The Morgan fingerprint density at radius 1 is 0.538 bits per heavy atom. The van der Waals surface area contributed by atoms with Crippen molar-refractivity contribution in [2.24, 2.45) is 0 Å². The predicted molar refractivity (Wildman–Crippen MR) is 125 cm³/mol. The smallest absolute Gasteiger partial charge is 0.112 e. The molecule has 0 aliphatic rings. The summed E-state index contributed by atoms with van der Waals surface area (Å²) >= 11 is 0. The van der Waals surface area contributed by atoms with Gasteiger partial charge in [-0.05, 0) is 49.2 Å². The van der Waals surface area contributed by atoms with Crippen molar-refractivity contribution in [2.75, 3.05) is 6.16 Å². The van der Waals surface area contributed by atoms with Gasteiger partial charge in [-0.1, -0.05) is 74.4 Å². The molecule has 3 aromatic carbocycles. The maximum Gasteiger partial charge on any atom is 0.112 e. The van der Waals surface area contributed by atoms with Gasteiger partial charge in [-0.25, -0.2) is 0 Å². The Morgan fingerprint density at radius 3 is 1.27 bits per heavy atom. The van der Waals surface area contributed by atoms with Crippen molar-refractivity contribution in [3.8, 4) is 0 Å². The van der Waals surface area contributed by atoms with Crippen molar-refractivity contribution in [3.05, 3.63) is 91.0 Å². The molecule has 0 aliphatic carbocycles. The Kier molecular flexibility index (Phi) is 8.50. The molecule has 0 fully saturated rings. The third-order valence-electron chi connectivity index (χ3n) is 4.94. The van der Waals surface area contributed by atoms with Gasteiger partial charge in [-0.15, -0.1) is 0 Å². The lowest BCUT2D eigenvalue weighted by molar-refractivity contribution is 0.705. The molecule has 3 rings (SSSR count). The predicted octanol–water partition coefficient (Wildman–Crippen LogP) is 5.62. The first-order valence-electron chi connectivity index (χ1n) is 9.43. The lowest BCUT2D eigenvalue weighted by atomic mass is 10.2. The molecule has 26 heavy (non-hydrogen) atoms. The normalized spacial score (nSPS) is 11.0. The second-order valence-electron chi connectivity index (χ2n) is 6.60. The second-order valence-corrected chi connectivity index (χ2v) is 10.2. The van der Waals surface area contributed by atoms with Gasteiger partial charge >= 0.3 is 0 Å². The molecule has 0 heterocycles. The highest BCUT2D eigenvalue weighted by atomic mass is 31.2. The summed E-state index contributed by atoms with van der Waals surface area (Å²) in [6, 6.07) is 33.6. The second kappa shape index (κ2) is 10.6. The van der Waals surface area contributed by atoms with E-state index in [0.717, 1.165) is 0 Å². The molecular weight excluding hydrogens is 350 g/mol. The molecular formula is C24H31P2+. The van der Waals surface area contributed by atoms with E-state index < -0.39 is 7.26 Å². The van der Waals surface area contributed by atoms with E-state index in [0.29, 0.717) is 0 Å². The lowest BCUT2D eigenvalue weighted by Crippen LogP contribution is -2.33. The van der Waals surface area contributed by atoms with Crippen molar-refractivity contribution < 1.29 is 0 Å². The highest BCUT2D eigenvalue weighted by Crippen LogP contribution is 2.55. The minimum atomic E-state index is -1.59. The molecule has 2 heteroatoms. The number of rotatable bonds is 8. The van der Waals surface area contributed by atoms with Gasteiger partial charge in [-0.3, -0.25) is 0 Å². The highest BCUT2D eigenvalue weighted by molar-refractivity contribution is 7.95. The first kappa shape index (κ1) is 20.8. The van der Waals surface area contributed by atoms with Gasteiger partial charge in [0.15, 0.2) is 0 Å². The monoisotopic (exact) mass is 381 g/mol. The van der Waals surface area contributed by atoms with E-state index in [9.17, 15) is 0 Å². The van der Waals surface area contributed by atoms with Crippen LogP contribution in [0.1, 0.15) is 32.6 Å². The molecule has 0 nitrogen and oxygen atoms in total. The molecule has 0 aliphatic heterocycles. The van der Waals surface area contributed by atoms with Crippen LogP contribution in [-0.4, -0.2) is 6.16 Å². The topological polar surface area (TPSA) is 0 Å². The molecule has 1 unspecified atom stereocenters. The fourth-order valence-electron chi connectivity index (χ4n) is 3.66. The van der Waals surface area contributed by atoms with Crippen molar-refractivity contribution in [1.82, 2.24) is 0 Å². The van der Waals surface area contributed by atoms with Crippen LogP contribution in [0.2, 0.25) is 0 Å². The number of unbranched alkanes of at least 4 members (excludes halogenated alkanes) is 3. The van der Waals surface area contributed by atoms with E-state index in [1.54, 1.807) is 0 Å². The van der Waals surface area contributed by atoms with Crippen LogP contribution < -0.4 is 15.9 Å². The van der Waals surface area contributed by atoms with Gasteiger partial charge in [0, 0.05) is 0 Å². The molecule has 0 aromatic heterocycles. The third-order valence-corrected chi connectivity index (χ3v) is 9.46. The molecule has 0 saturated heterocycles. The maximum atomic E-state index is 2.34. The van der Waals surface area contributed by atoms with E-state index in [2.05, 4.69) is 97.9 Å². The highest BCUT2D eigenvalue weighted by Gasteiger charge is 2.44. The standard InChI is InChI=1S/C24H28P.H3P/c1-2-3-4-14-21-25(22-15-8-5-9-16-22,23-17-10-6-11-18-23)24-19-12-7-13-20-24;/h5-13,15-20H,2-4,14,21H2,1H3;1H3/q+1;. The molecule has 0 spiro atoms. The SMILES string of the molecule is CCCCCC[P+](c1ccccc1)(c1ccccc1)c1ccccc1.P. The van der Waals surface area contributed by atoms with E-state index in [4.69, 9.17) is 0 Å². The summed E-state index contributed by atoms with van der Waals surface area (Å²) in [5.41, 5.74) is 0. The Morgan fingerprint density at radius 2 is 0.923 bits per heavy atom. The summed E-state index contributed by atoms with van der Waals surface area (Å²) in [5, 5.41) is 4.51. The zero-order chi connectivity index (χ0) is 17.4. The molecule has 0 amide bonds. The van der Waals surface area contributed by atoms with Gasteiger partial charge in [0.25, 0.3) is 0 Å². The van der Waals surface area contributed by atoms with E-state index in [1.165, 1.54) is 47.8 Å². The zero-order valence-electron chi connectivity index (χ0n) is 15.9.